The second-order valence-corrected chi connectivity index (χ2v) is 4.72. The number of carbonyl (C=O) groups is 2. The number of amides is 1. The molecule has 0 radical (unpaired) electrons. The number of pyridine rings is 1. The predicted molar refractivity (Wildman–Crippen MR) is 84.6 cm³/mol. The minimum absolute atomic E-state index is 0.182. The lowest BCUT2D eigenvalue weighted by molar-refractivity contribution is 0.0698. The van der Waals surface area contributed by atoms with Gasteiger partial charge in [-0.1, -0.05) is 12.1 Å². The SMILES string of the molecule is O=C(NN=Cc1c[nH]c2c(C(=O)O)cccc12)c1cccnc1. The molecule has 23 heavy (non-hydrogen) atoms. The Morgan fingerprint density at radius 1 is 1.26 bits per heavy atom. The maximum absolute atomic E-state index is 11.8. The van der Waals surface area contributed by atoms with Gasteiger partial charge in [0.1, 0.15) is 0 Å². The number of nitrogens with zero attached hydrogens (tertiary/aromatic N) is 2. The first-order chi connectivity index (χ1) is 11.2. The summed E-state index contributed by atoms with van der Waals surface area (Å²) in [5.74, 6) is -1.38. The van der Waals surface area contributed by atoms with Gasteiger partial charge < -0.3 is 10.1 Å². The summed E-state index contributed by atoms with van der Waals surface area (Å²) in [6, 6.07) is 8.24. The Bertz CT molecular complexity index is 900. The van der Waals surface area contributed by atoms with Crippen molar-refractivity contribution in [1.82, 2.24) is 15.4 Å². The van der Waals surface area contributed by atoms with Crippen LogP contribution in [0.2, 0.25) is 0 Å². The van der Waals surface area contributed by atoms with Gasteiger partial charge in [0.2, 0.25) is 0 Å². The molecule has 7 nitrogen and oxygen atoms in total. The highest BCUT2D eigenvalue weighted by Crippen LogP contribution is 2.20. The molecular formula is C16H12N4O3. The number of aromatic nitrogens is 2. The third-order valence-corrected chi connectivity index (χ3v) is 3.27. The average Bonchev–Trinajstić information content (AvgIpc) is 2.98. The third-order valence-electron chi connectivity index (χ3n) is 3.27. The number of aromatic carboxylic acids is 1. The summed E-state index contributed by atoms with van der Waals surface area (Å²) >= 11 is 0. The fourth-order valence-electron chi connectivity index (χ4n) is 2.18. The van der Waals surface area contributed by atoms with E-state index in [0.29, 0.717) is 22.0 Å². The number of para-hydroxylation sites is 1. The molecule has 0 bridgehead atoms. The molecule has 0 unspecified atom stereocenters. The summed E-state index contributed by atoms with van der Waals surface area (Å²) in [5, 5.41) is 13.8. The average molecular weight is 308 g/mol. The molecule has 7 heteroatoms. The van der Waals surface area contributed by atoms with Crippen molar-refractivity contribution in [1.29, 1.82) is 0 Å². The molecule has 0 aliphatic heterocycles. The first-order valence-electron chi connectivity index (χ1n) is 6.73. The van der Waals surface area contributed by atoms with Crippen molar-refractivity contribution in [3.05, 3.63) is 65.6 Å². The molecule has 0 fully saturated rings. The molecule has 114 valence electrons. The van der Waals surface area contributed by atoms with E-state index in [1.54, 1.807) is 36.7 Å². The summed E-state index contributed by atoms with van der Waals surface area (Å²) in [5.41, 5.74) is 4.17. The summed E-state index contributed by atoms with van der Waals surface area (Å²) < 4.78 is 0. The lowest BCUT2D eigenvalue weighted by atomic mass is 10.1. The largest absolute Gasteiger partial charge is 0.478 e. The molecule has 0 saturated heterocycles. The maximum atomic E-state index is 11.8. The Kier molecular flexibility index (Phi) is 3.84. The van der Waals surface area contributed by atoms with Gasteiger partial charge >= 0.3 is 5.97 Å². The van der Waals surface area contributed by atoms with Crippen LogP contribution in [0.5, 0.6) is 0 Å². The molecule has 0 aliphatic carbocycles. The topological polar surface area (TPSA) is 107 Å². The Labute approximate surface area is 130 Å². The summed E-state index contributed by atoms with van der Waals surface area (Å²) in [6.45, 7) is 0. The van der Waals surface area contributed by atoms with E-state index in [-0.39, 0.29) is 11.5 Å². The zero-order valence-corrected chi connectivity index (χ0v) is 11.9. The van der Waals surface area contributed by atoms with Crippen LogP contribution in [0.1, 0.15) is 26.3 Å². The fraction of sp³-hybridized carbons (Fsp3) is 0. The van der Waals surface area contributed by atoms with Crippen molar-refractivity contribution < 1.29 is 14.7 Å². The smallest absolute Gasteiger partial charge is 0.337 e. The number of hydrazone groups is 1. The van der Waals surface area contributed by atoms with Crippen LogP contribution >= 0.6 is 0 Å². The fourth-order valence-corrected chi connectivity index (χ4v) is 2.18. The molecular weight excluding hydrogens is 296 g/mol. The number of fused-ring (bicyclic) bond motifs is 1. The summed E-state index contributed by atoms with van der Waals surface area (Å²) in [6.07, 6.45) is 6.11. The van der Waals surface area contributed by atoms with E-state index in [4.69, 9.17) is 5.11 Å². The minimum Gasteiger partial charge on any atom is -0.478 e. The summed E-state index contributed by atoms with van der Waals surface area (Å²) in [7, 11) is 0. The van der Waals surface area contributed by atoms with Crippen molar-refractivity contribution >= 4 is 29.0 Å². The van der Waals surface area contributed by atoms with Gasteiger partial charge in [-0.05, 0) is 18.2 Å². The van der Waals surface area contributed by atoms with E-state index < -0.39 is 5.97 Å². The van der Waals surface area contributed by atoms with Crippen LogP contribution in [0, 0.1) is 0 Å². The maximum Gasteiger partial charge on any atom is 0.337 e. The number of aromatic amines is 1. The standard InChI is InChI=1S/C16H12N4O3/c21-15(10-3-2-6-17-7-10)20-19-9-11-8-18-14-12(11)4-1-5-13(14)16(22)23/h1-9,18H,(H,20,21)(H,22,23). The Morgan fingerprint density at radius 2 is 2.13 bits per heavy atom. The number of nitrogens with one attached hydrogen (secondary N) is 2. The molecule has 3 aromatic rings. The molecule has 2 aromatic heterocycles. The second-order valence-electron chi connectivity index (χ2n) is 4.72. The zero-order valence-electron chi connectivity index (χ0n) is 11.9. The molecule has 0 saturated carbocycles. The van der Waals surface area contributed by atoms with Crippen LogP contribution in [0.15, 0.2) is 54.0 Å². The molecule has 3 rings (SSSR count). The molecule has 3 N–H and O–H groups in total. The van der Waals surface area contributed by atoms with Gasteiger partial charge in [-0.3, -0.25) is 9.78 Å². The van der Waals surface area contributed by atoms with Gasteiger partial charge in [0, 0.05) is 29.5 Å². The number of carboxylic acid groups (broad SMARTS) is 1. The lowest BCUT2D eigenvalue weighted by Crippen LogP contribution is -2.17. The molecule has 0 aliphatic rings. The lowest BCUT2D eigenvalue weighted by Gasteiger charge is -1.98. The molecule has 1 aromatic carbocycles. The van der Waals surface area contributed by atoms with Crippen LogP contribution in [0.25, 0.3) is 10.9 Å². The highest BCUT2D eigenvalue weighted by atomic mass is 16.4. The van der Waals surface area contributed by atoms with Gasteiger partial charge in [0.25, 0.3) is 5.91 Å². The van der Waals surface area contributed by atoms with E-state index in [1.165, 1.54) is 18.5 Å². The second kappa shape index (κ2) is 6.10. The third kappa shape index (κ3) is 2.93. The van der Waals surface area contributed by atoms with E-state index in [1.807, 2.05) is 0 Å². The Morgan fingerprint density at radius 3 is 2.87 bits per heavy atom. The monoisotopic (exact) mass is 308 g/mol. The Hall–Kier alpha value is -3.48. The van der Waals surface area contributed by atoms with Gasteiger partial charge in [0.05, 0.1) is 22.9 Å². The highest BCUT2D eigenvalue weighted by molar-refractivity contribution is 6.07. The normalized spacial score (nSPS) is 11.0. The quantitative estimate of drug-likeness (QED) is 0.506. The number of benzene rings is 1. The van der Waals surface area contributed by atoms with Gasteiger partial charge in [-0.15, -0.1) is 0 Å². The number of hydrogen-bond acceptors (Lipinski definition) is 4. The number of H-pyrrole nitrogens is 1. The van der Waals surface area contributed by atoms with Crippen LogP contribution in [0.3, 0.4) is 0 Å². The predicted octanol–water partition coefficient (Wildman–Crippen LogP) is 2.03. The number of carboxylic acids is 1. The molecule has 0 spiro atoms. The Balaban J connectivity index is 1.81. The van der Waals surface area contributed by atoms with E-state index in [2.05, 4.69) is 20.5 Å². The van der Waals surface area contributed by atoms with Crippen LogP contribution in [-0.2, 0) is 0 Å². The first-order valence-corrected chi connectivity index (χ1v) is 6.73. The zero-order chi connectivity index (χ0) is 16.2. The van der Waals surface area contributed by atoms with Crippen molar-refractivity contribution in [3.8, 4) is 0 Å². The highest BCUT2D eigenvalue weighted by Gasteiger charge is 2.11. The van der Waals surface area contributed by atoms with Crippen molar-refractivity contribution in [2.75, 3.05) is 0 Å². The van der Waals surface area contributed by atoms with Gasteiger partial charge in [-0.2, -0.15) is 5.10 Å². The van der Waals surface area contributed by atoms with Crippen molar-refractivity contribution in [2.24, 2.45) is 5.10 Å². The molecule has 0 atom stereocenters. The van der Waals surface area contributed by atoms with Gasteiger partial charge in [0.15, 0.2) is 0 Å². The van der Waals surface area contributed by atoms with Crippen LogP contribution < -0.4 is 5.43 Å². The minimum atomic E-state index is -1.01. The van der Waals surface area contributed by atoms with E-state index in [9.17, 15) is 9.59 Å². The molecule has 2 heterocycles. The summed E-state index contributed by atoms with van der Waals surface area (Å²) in [4.78, 5) is 29.8. The van der Waals surface area contributed by atoms with Crippen molar-refractivity contribution in [2.45, 2.75) is 0 Å². The number of rotatable bonds is 4. The number of hydrogen-bond donors (Lipinski definition) is 3. The van der Waals surface area contributed by atoms with Crippen LogP contribution in [0.4, 0.5) is 0 Å². The van der Waals surface area contributed by atoms with Gasteiger partial charge in [-0.25, -0.2) is 10.2 Å². The van der Waals surface area contributed by atoms with E-state index >= 15 is 0 Å². The van der Waals surface area contributed by atoms with Crippen molar-refractivity contribution in [3.63, 3.8) is 0 Å². The van der Waals surface area contributed by atoms with E-state index in [0.717, 1.165) is 0 Å². The molecule has 1 amide bonds. The number of carbonyl (C=O) groups excluding carboxylic acids is 1. The first kappa shape index (κ1) is 14.5. The van der Waals surface area contributed by atoms with Crippen LogP contribution in [-0.4, -0.2) is 33.2 Å².